The third kappa shape index (κ3) is 3.66. The van der Waals surface area contributed by atoms with E-state index < -0.39 is 5.41 Å². The maximum Gasteiger partial charge on any atom is 0.231 e. The number of para-hydroxylation sites is 2. The number of carbonyl (C=O) groups is 1. The first-order chi connectivity index (χ1) is 14.8. The highest BCUT2D eigenvalue weighted by Gasteiger charge is 2.48. The molecule has 4 rings (SSSR count). The number of rotatable bonds is 5. The maximum atomic E-state index is 12.7. The van der Waals surface area contributed by atoms with E-state index >= 15 is 0 Å². The van der Waals surface area contributed by atoms with Crippen molar-refractivity contribution >= 4 is 40.3 Å². The van der Waals surface area contributed by atoms with Crippen molar-refractivity contribution in [3.05, 3.63) is 71.4 Å². The molecule has 1 unspecified atom stereocenters. The van der Waals surface area contributed by atoms with Gasteiger partial charge in [0.2, 0.25) is 11.4 Å². The molecule has 2 aromatic carbocycles. The summed E-state index contributed by atoms with van der Waals surface area (Å²) in [4.78, 5) is 14.0. The SMILES string of the molecule is CC[N+]1(CC(C)(C)C(=O)NC)/C(=C/c2cc[n+](C)c3ccccc23)Sc2ccccc21. The number of hydrogen-bond acceptors (Lipinski definition) is 2. The Bertz CT molecular complexity index is 1180. The summed E-state index contributed by atoms with van der Waals surface area (Å²) in [7, 11) is 3.80. The number of aromatic nitrogens is 1. The molecule has 5 heteroatoms. The largest absolute Gasteiger partial charge is 0.359 e. The van der Waals surface area contributed by atoms with Crippen LogP contribution in [0.25, 0.3) is 17.0 Å². The summed E-state index contributed by atoms with van der Waals surface area (Å²) in [5, 5.41) is 5.36. The quantitative estimate of drug-likeness (QED) is 0.460. The maximum absolute atomic E-state index is 12.7. The Morgan fingerprint density at radius 3 is 2.58 bits per heavy atom. The van der Waals surface area contributed by atoms with E-state index in [1.54, 1.807) is 7.05 Å². The van der Waals surface area contributed by atoms with Crippen LogP contribution in [0.3, 0.4) is 0 Å². The Morgan fingerprint density at radius 2 is 1.84 bits per heavy atom. The summed E-state index contributed by atoms with van der Waals surface area (Å²) in [6.07, 6.45) is 4.45. The van der Waals surface area contributed by atoms with Crippen LogP contribution in [-0.4, -0.2) is 26.0 Å². The van der Waals surface area contributed by atoms with Crippen molar-refractivity contribution in [2.24, 2.45) is 12.5 Å². The number of aryl methyl sites for hydroxylation is 1. The number of benzene rings is 2. The first-order valence-corrected chi connectivity index (χ1v) is 11.6. The van der Waals surface area contributed by atoms with Gasteiger partial charge < -0.3 is 5.32 Å². The third-order valence-corrected chi connectivity index (χ3v) is 7.60. The van der Waals surface area contributed by atoms with Gasteiger partial charge in [-0.3, -0.25) is 9.28 Å². The zero-order chi connectivity index (χ0) is 22.2. The predicted octanol–water partition coefficient (Wildman–Crippen LogP) is 4.87. The second-order valence-corrected chi connectivity index (χ2v) is 9.92. The van der Waals surface area contributed by atoms with Crippen LogP contribution >= 0.6 is 11.8 Å². The molecule has 1 amide bonds. The van der Waals surface area contributed by atoms with E-state index in [2.05, 4.69) is 90.7 Å². The second kappa shape index (κ2) is 8.13. The van der Waals surface area contributed by atoms with Gasteiger partial charge in [-0.05, 0) is 44.7 Å². The smallest absolute Gasteiger partial charge is 0.231 e. The van der Waals surface area contributed by atoms with E-state index in [0.717, 1.165) is 6.54 Å². The van der Waals surface area contributed by atoms with Gasteiger partial charge in [0.05, 0.1) is 22.2 Å². The number of quaternary nitrogens is 1. The first kappa shape index (κ1) is 21.6. The van der Waals surface area contributed by atoms with Crippen molar-refractivity contribution in [2.75, 3.05) is 20.1 Å². The lowest BCUT2D eigenvalue weighted by Crippen LogP contribution is -2.54. The molecule has 1 aromatic heterocycles. The molecule has 0 fully saturated rings. The number of amides is 1. The first-order valence-electron chi connectivity index (χ1n) is 10.8. The van der Waals surface area contributed by atoms with Crippen LogP contribution in [0.5, 0.6) is 0 Å². The van der Waals surface area contributed by atoms with Gasteiger partial charge in [0.15, 0.2) is 16.9 Å². The van der Waals surface area contributed by atoms with Crippen LogP contribution in [0.15, 0.2) is 70.7 Å². The lowest BCUT2D eigenvalue weighted by molar-refractivity contribution is -0.644. The Labute approximate surface area is 189 Å². The fourth-order valence-electron chi connectivity index (χ4n) is 4.70. The molecule has 4 nitrogen and oxygen atoms in total. The molecule has 3 aromatic rings. The fraction of sp³-hybridized carbons (Fsp3) is 0.308. The monoisotopic (exact) mass is 433 g/mol. The van der Waals surface area contributed by atoms with Crippen LogP contribution in [0.1, 0.15) is 26.3 Å². The van der Waals surface area contributed by atoms with Crippen molar-refractivity contribution in [1.82, 2.24) is 9.80 Å². The van der Waals surface area contributed by atoms with Gasteiger partial charge in [-0.25, -0.2) is 4.57 Å². The van der Waals surface area contributed by atoms with Gasteiger partial charge in [0.25, 0.3) is 0 Å². The number of hydrogen-bond donors (Lipinski definition) is 1. The van der Waals surface area contributed by atoms with E-state index in [0.29, 0.717) is 11.0 Å². The highest BCUT2D eigenvalue weighted by atomic mass is 32.2. The number of nitrogens with zero attached hydrogens (tertiary/aromatic N) is 2. The molecule has 1 atom stereocenters. The summed E-state index contributed by atoms with van der Waals surface area (Å²) in [5.74, 6) is 0.0735. The van der Waals surface area contributed by atoms with Crippen LogP contribution in [0.2, 0.25) is 0 Å². The highest BCUT2D eigenvalue weighted by Crippen LogP contribution is 2.53. The van der Waals surface area contributed by atoms with Crippen molar-refractivity contribution in [3.8, 4) is 0 Å². The topological polar surface area (TPSA) is 33.0 Å². The van der Waals surface area contributed by atoms with E-state index in [1.165, 1.54) is 32.1 Å². The highest BCUT2D eigenvalue weighted by molar-refractivity contribution is 8.03. The van der Waals surface area contributed by atoms with Gasteiger partial charge >= 0.3 is 0 Å². The van der Waals surface area contributed by atoms with Crippen LogP contribution in [0, 0.1) is 5.41 Å². The average molecular weight is 434 g/mol. The number of thioether (sulfide) groups is 1. The van der Waals surface area contributed by atoms with Crippen molar-refractivity contribution in [1.29, 1.82) is 0 Å². The summed E-state index contributed by atoms with van der Waals surface area (Å²) >= 11 is 1.83. The van der Waals surface area contributed by atoms with Crippen molar-refractivity contribution < 1.29 is 9.36 Å². The minimum absolute atomic E-state index is 0.0735. The minimum Gasteiger partial charge on any atom is -0.359 e. The molecule has 1 aliphatic heterocycles. The van der Waals surface area contributed by atoms with Gasteiger partial charge in [-0.1, -0.05) is 24.3 Å². The minimum atomic E-state index is -0.507. The average Bonchev–Trinajstić information content (AvgIpc) is 3.08. The number of pyridine rings is 1. The standard InChI is InChI=1S/C26H30N3OS/c1-6-29(18-26(2,3)25(30)27-4)22-13-9-10-14-23(22)31-24(29)17-19-15-16-28(5)21-12-8-7-11-20(19)21/h7-17H,6,18H2,1-5H3/q+1/p+1/b24-17-. The Morgan fingerprint density at radius 1 is 1.13 bits per heavy atom. The molecule has 1 N–H and O–H groups in total. The molecule has 0 aliphatic carbocycles. The van der Waals surface area contributed by atoms with E-state index in [9.17, 15) is 4.79 Å². The van der Waals surface area contributed by atoms with E-state index in [-0.39, 0.29) is 5.91 Å². The Balaban J connectivity index is 1.91. The number of carbonyl (C=O) groups excluding carboxylic acids is 1. The normalized spacial score (nSPS) is 19.6. The second-order valence-electron chi connectivity index (χ2n) is 8.86. The van der Waals surface area contributed by atoms with Gasteiger partial charge in [-0.15, -0.1) is 0 Å². The number of nitrogens with one attached hydrogen (secondary N) is 1. The molecule has 0 saturated heterocycles. The molecule has 2 heterocycles. The van der Waals surface area contributed by atoms with Crippen molar-refractivity contribution in [2.45, 2.75) is 25.7 Å². The molecule has 31 heavy (non-hydrogen) atoms. The predicted molar refractivity (Wildman–Crippen MR) is 130 cm³/mol. The van der Waals surface area contributed by atoms with Gasteiger partial charge in [0, 0.05) is 36.9 Å². The summed E-state index contributed by atoms with van der Waals surface area (Å²) in [5.41, 5.74) is 3.19. The van der Waals surface area contributed by atoms with Crippen LogP contribution in [-0.2, 0) is 11.8 Å². The molecular weight excluding hydrogens is 402 g/mol. The van der Waals surface area contributed by atoms with Crippen LogP contribution < -0.4 is 14.4 Å². The van der Waals surface area contributed by atoms with Gasteiger partial charge in [0.1, 0.15) is 13.6 Å². The lowest BCUT2D eigenvalue weighted by atomic mass is 9.90. The molecule has 0 spiro atoms. The van der Waals surface area contributed by atoms with Crippen LogP contribution in [0.4, 0.5) is 5.69 Å². The van der Waals surface area contributed by atoms with Crippen molar-refractivity contribution in [3.63, 3.8) is 0 Å². The molecular formula is C26H31N3OS+2. The third-order valence-electron chi connectivity index (χ3n) is 6.36. The molecule has 0 bridgehead atoms. The summed E-state index contributed by atoms with van der Waals surface area (Å²) < 4.78 is 2.83. The summed E-state index contributed by atoms with van der Waals surface area (Å²) in [6.45, 7) is 7.90. The summed E-state index contributed by atoms with van der Waals surface area (Å²) in [6, 6.07) is 19.3. The zero-order valence-corrected chi connectivity index (χ0v) is 19.8. The molecule has 1 aliphatic rings. The fourth-order valence-corrected chi connectivity index (χ4v) is 6.07. The number of fused-ring (bicyclic) bond motifs is 2. The molecule has 0 saturated carbocycles. The molecule has 0 radical (unpaired) electrons. The Hall–Kier alpha value is -2.63. The lowest BCUT2D eigenvalue weighted by Gasteiger charge is -2.39. The zero-order valence-electron chi connectivity index (χ0n) is 19.0. The van der Waals surface area contributed by atoms with Gasteiger partial charge in [-0.2, -0.15) is 0 Å². The van der Waals surface area contributed by atoms with E-state index in [1.807, 2.05) is 25.6 Å². The van der Waals surface area contributed by atoms with E-state index in [4.69, 9.17) is 0 Å². The molecule has 160 valence electrons. The Kier molecular flexibility index (Phi) is 5.67.